The molecule has 0 aliphatic heterocycles. The fourth-order valence-corrected chi connectivity index (χ4v) is 6.17. The van der Waals surface area contributed by atoms with Gasteiger partial charge in [-0.1, -0.05) is 109 Å². The summed E-state index contributed by atoms with van der Waals surface area (Å²) < 4.78 is 15.1. The highest BCUT2D eigenvalue weighted by Gasteiger charge is 2.24. The molecule has 0 aliphatic rings. The first kappa shape index (κ1) is 34.3. The number of anilines is 2. The van der Waals surface area contributed by atoms with Gasteiger partial charge in [-0.05, 0) is 77.2 Å². The number of hydrogen-bond donors (Lipinski definition) is 3. The van der Waals surface area contributed by atoms with Crippen LogP contribution >= 0.6 is 27.7 Å². The molecular weight excluding hydrogens is 689 g/mol. The van der Waals surface area contributed by atoms with E-state index in [0.717, 1.165) is 16.7 Å². The molecule has 48 heavy (non-hydrogen) atoms. The number of nitrogens with one attached hydrogen (secondary N) is 3. The smallest absolute Gasteiger partial charge is 0.272 e. The fourth-order valence-electron chi connectivity index (χ4n) is 4.76. The lowest BCUT2D eigenvalue weighted by atomic mass is 10.0. The minimum absolute atomic E-state index is 0.0669. The van der Waals surface area contributed by atoms with Crippen LogP contribution in [0.2, 0.25) is 0 Å². The lowest BCUT2D eigenvalue weighted by Crippen LogP contribution is -2.30. The van der Waals surface area contributed by atoms with Gasteiger partial charge in [-0.25, -0.2) is 4.39 Å². The van der Waals surface area contributed by atoms with Crippen molar-refractivity contribution in [1.82, 2.24) is 5.32 Å². The van der Waals surface area contributed by atoms with Gasteiger partial charge in [0.05, 0.1) is 5.69 Å². The molecular formula is C39H33BrFN3O3S. The average Bonchev–Trinajstić information content (AvgIpc) is 3.09. The number of amides is 3. The first-order valence-electron chi connectivity index (χ1n) is 15.2. The van der Waals surface area contributed by atoms with Crippen molar-refractivity contribution in [2.45, 2.75) is 29.9 Å². The van der Waals surface area contributed by atoms with Crippen LogP contribution < -0.4 is 16.0 Å². The number of thioether (sulfide) groups is 1. The van der Waals surface area contributed by atoms with Crippen LogP contribution in [-0.4, -0.2) is 17.7 Å². The molecule has 0 saturated heterocycles. The summed E-state index contributed by atoms with van der Waals surface area (Å²) in [6.07, 6.45) is 1.63. The molecule has 0 aromatic heterocycles. The van der Waals surface area contributed by atoms with Crippen LogP contribution in [0.1, 0.15) is 52.1 Å². The van der Waals surface area contributed by atoms with E-state index in [2.05, 4.69) is 45.7 Å². The van der Waals surface area contributed by atoms with Gasteiger partial charge in [-0.3, -0.25) is 14.4 Å². The maximum absolute atomic E-state index is 14.6. The van der Waals surface area contributed by atoms with Crippen LogP contribution in [0.3, 0.4) is 0 Å². The van der Waals surface area contributed by atoms with Crippen molar-refractivity contribution in [1.29, 1.82) is 0 Å². The second-order valence-corrected chi connectivity index (χ2v) is 13.3. The van der Waals surface area contributed by atoms with Crippen molar-refractivity contribution in [2.75, 3.05) is 10.6 Å². The summed E-state index contributed by atoms with van der Waals surface area (Å²) >= 11 is 4.50. The van der Waals surface area contributed by atoms with Crippen LogP contribution in [0, 0.1) is 5.82 Å². The molecule has 6 nitrogen and oxygen atoms in total. The molecule has 1 atom stereocenters. The summed E-state index contributed by atoms with van der Waals surface area (Å²) in [5, 5.41) is 7.65. The quantitative estimate of drug-likeness (QED) is 0.0937. The Balaban J connectivity index is 1.38. The Hall–Kier alpha value is -4.99. The number of carbonyl (C=O) groups is 3. The molecule has 1 unspecified atom stereocenters. The zero-order chi connectivity index (χ0) is 34.0. The van der Waals surface area contributed by atoms with Crippen LogP contribution in [0.5, 0.6) is 0 Å². The van der Waals surface area contributed by atoms with Gasteiger partial charge in [0.25, 0.3) is 11.8 Å². The molecule has 3 amide bonds. The SMILES string of the molecule is CC(C)c1ccc(/C=C(/NC(=O)c2ccccc2)C(=O)Nc2cccc(SC(C(=O)Nc3ccc(Br)cc3F)c3ccccc3)c2)cc1. The first-order valence-corrected chi connectivity index (χ1v) is 16.9. The Morgan fingerprint density at radius 1 is 0.750 bits per heavy atom. The van der Waals surface area contributed by atoms with Gasteiger partial charge in [-0.15, -0.1) is 11.8 Å². The normalized spacial score (nSPS) is 11.9. The maximum atomic E-state index is 14.6. The van der Waals surface area contributed by atoms with Gasteiger partial charge < -0.3 is 16.0 Å². The molecule has 0 aliphatic carbocycles. The Kier molecular flexibility index (Phi) is 11.6. The topological polar surface area (TPSA) is 87.3 Å². The van der Waals surface area contributed by atoms with Crippen LogP contribution in [0.15, 0.2) is 142 Å². The zero-order valence-electron chi connectivity index (χ0n) is 26.2. The van der Waals surface area contributed by atoms with E-state index in [-0.39, 0.29) is 11.4 Å². The Morgan fingerprint density at radius 2 is 1.44 bits per heavy atom. The predicted octanol–water partition coefficient (Wildman–Crippen LogP) is 9.59. The van der Waals surface area contributed by atoms with E-state index < -0.39 is 28.8 Å². The Bertz CT molecular complexity index is 1930. The molecule has 0 spiro atoms. The van der Waals surface area contributed by atoms with Gasteiger partial charge in [0.2, 0.25) is 5.91 Å². The largest absolute Gasteiger partial charge is 0.322 e. The third kappa shape index (κ3) is 9.30. The van der Waals surface area contributed by atoms with Gasteiger partial charge in [0.1, 0.15) is 16.8 Å². The highest BCUT2D eigenvalue weighted by Crippen LogP contribution is 2.37. The lowest BCUT2D eigenvalue weighted by molar-refractivity contribution is -0.116. The Morgan fingerprint density at radius 3 is 2.10 bits per heavy atom. The third-order valence-corrected chi connectivity index (χ3v) is 9.06. The summed E-state index contributed by atoms with van der Waals surface area (Å²) in [6, 6.07) is 37.2. The van der Waals surface area contributed by atoms with E-state index in [9.17, 15) is 18.8 Å². The third-order valence-electron chi connectivity index (χ3n) is 7.32. The summed E-state index contributed by atoms with van der Waals surface area (Å²) in [5.41, 5.74) is 3.65. The van der Waals surface area contributed by atoms with Crippen molar-refractivity contribution in [2.24, 2.45) is 0 Å². The summed E-state index contributed by atoms with van der Waals surface area (Å²) in [6.45, 7) is 4.21. The van der Waals surface area contributed by atoms with Gasteiger partial charge >= 0.3 is 0 Å². The average molecular weight is 723 g/mol. The van der Waals surface area contributed by atoms with Crippen molar-refractivity contribution >= 4 is 62.9 Å². The summed E-state index contributed by atoms with van der Waals surface area (Å²) in [4.78, 5) is 41.0. The summed E-state index contributed by atoms with van der Waals surface area (Å²) in [5.74, 6) is -1.54. The molecule has 0 saturated carbocycles. The minimum Gasteiger partial charge on any atom is -0.322 e. The van der Waals surface area contributed by atoms with E-state index in [0.29, 0.717) is 26.5 Å². The molecule has 3 N–H and O–H groups in total. The van der Waals surface area contributed by atoms with Crippen molar-refractivity contribution < 1.29 is 18.8 Å². The summed E-state index contributed by atoms with van der Waals surface area (Å²) in [7, 11) is 0. The highest BCUT2D eigenvalue weighted by atomic mass is 79.9. The molecule has 242 valence electrons. The second-order valence-electron chi connectivity index (χ2n) is 11.2. The highest BCUT2D eigenvalue weighted by molar-refractivity contribution is 9.10. The maximum Gasteiger partial charge on any atom is 0.272 e. The van der Waals surface area contributed by atoms with E-state index in [1.165, 1.54) is 23.9 Å². The molecule has 5 aromatic rings. The molecule has 0 fully saturated rings. The number of rotatable bonds is 11. The number of hydrogen-bond acceptors (Lipinski definition) is 4. The van der Waals surface area contributed by atoms with E-state index in [4.69, 9.17) is 0 Å². The molecule has 0 radical (unpaired) electrons. The van der Waals surface area contributed by atoms with E-state index in [1.807, 2.05) is 66.7 Å². The van der Waals surface area contributed by atoms with Crippen LogP contribution in [0.25, 0.3) is 6.08 Å². The number of benzene rings is 5. The molecule has 5 aromatic carbocycles. The molecule has 0 bridgehead atoms. The molecule has 0 heterocycles. The standard InChI is InChI=1S/C39H33BrFN3O3S/c1-25(2)27-18-16-26(17-19-27)22-35(44-37(45)29-12-7-4-8-13-29)38(46)42-31-14-9-15-32(24-31)48-36(28-10-5-3-6-11-28)39(47)43-34-21-20-30(40)23-33(34)41/h3-25,36H,1-2H3,(H,42,46)(H,43,47)(H,44,45)/b35-22+. The van der Waals surface area contributed by atoms with E-state index in [1.54, 1.807) is 54.6 Å². The number of carbonyl (C=O) groups excluding carboxylic acids is 3. The van der Waals surface area contributed by atoms with Crippen LogP contribution in [-0.2, 0) is 9.59 Å². The Labute approximate surface area is 292 Å². The van der Waals surface area contributed by atoms with Gasteiger partial charge in [-0.2, -0.15) is 0 Å². The van der Waals surface area contributed by atoms with Gasteiger partial charge in [0.15, 0.2) is 0 Å². The fraction of sp³-hybridized carbons (Fsp3) is 0.103. The van der Waals surface area contributed by atoms with Crippen LogP contribution in [0.4, 0.5) is 15.8 Å². The zero-order valence-corrected chi connectivity index (χ0v) is 28.6. The van der Waals surface area contributed by atoms with Crippen molar-refractivity contribution in [3.8, 4) is 0 Å². The predicted molar refractivity (Wildman–Crippen MR) is 195 cm³/mol. The lowest BCUT2D eigenvalue weighted by Gasteiger charge is -2.18. The van der Waals surface area contributed by atoms with Crippen molar-refractivity contribution in [3.63, 3.8) is 0 Å². The molecule has 5 rings (SSSR count). The monoisotopic (exact) mass is 721 g/mol. The van der Waals surface area contributed by atoms with Gasteiger partial charge in [0, 0.05) is 20.6 Å². The van der Waals surface area contributed by atoms with Crippen molar-refractivity contribution in [3.05, 3.63) is 166 Å². The first-order chi connectivity index (χ1) is 23.2. The minimum atomic E-state index is -0.727. The molecule has 9 heteroatoms. The second kappa shape index (κ2) is 16.2. The van der Waals surface area contributed by atoms with E-state index >= 15 is 0 Å². The number of halogens is 2.